The third-order valence-electron chi connectivity index (χ3n) is 3.26. The van der Waals surface area contributed by atoms with Crippen LogP contribution < -0.4 is 5.32 Å². The second kappa shape index (κ2) is 3.74. The molecule has 1 aromatic carbocycles. The van der Waals surface area contributed by atoms with Gasteiger partial charge in [0.1, 0.15) is 0 Å². The van der Waals surface area contributed by atoms with Crippen LogP contribution in [0.3, 0.4) is 0 Å². The van der Waals surface area contributed by atoms with Gasteiger partial charge in [-0.3, -0.25) is 0 Å². The van der Waals surface area contributed by atoms with Crippen molar-refractivity contribution in [1.82, 2.24) is 10.2 Å². The summed E-state index contributed by atoms with van der Waals surface area (Å²) in [7, 11) is 0. The van der Waals surface area contributed by atoms with Crippen LogP contribution in [0.2, 0.25) is 0 Å². The molecule has 1 fully saturated rings. The molecule has 0 spiro atoms. The first-order valence-corrected chi connectivity index (χ1v) is 5.81. The van der Waals surface area contributed by atoms with Crippen molar-refractivity contribution in [3.8, 4) is 0 Å². The Bertz CT molecular complexity index is 500. The van der Waals surface area contributed by atoms with Gasteiger partial charge in [-0.1, -0.05) is 24.3 Å². The van der Waals surface area contributed by atoms with Crippen molar-refractivity contribution in [2.24, 2.45) is 5.92 Å². The van der Waals surface area contributed by atoms with E-state index < -0.39 is 0 Å². The summed E-state index contributed by atoms with van der Waals surface area (Å²) in [6.07, 6.45) is 4.49. The monoisotopic (exact) mass is 213 g/mol. The maximum atomic E-state index is 4.20. The number of anilines is 1. The fraction of sp³-hybridized carbons (Fsp3) is 0.385. The zero-order valence-electron chi connectivity index (χ0n) is 9.35. The first-order valence-electron chi connectivity index (χ1n) is 5.81. The molecule has 0 bridgehead atoms. The van der Waals surface area contributed by atoms with Crippen molar-refractivity contribution < 1.29 is 0 Å². The number of rotatable bonds is 3. The molecule has 1 aliphatic rings. The lowest BCUT2D eigenvalue weighted by atomic mass is 10.1. The van der Waals surface area contributed by atoms with Gasteiger partial charge in [0.2, 0.25) is 0 Å². The molecule has 1 saturated carbocycles. The third kappa shape index (κ3) is 1.73. The van der Waals surface area contributed by atoms with E-state index in [1.165, 1.54) is 12.8 Å². The van der Waals surface area contributed by atoms with Gasteiger partial charge in [0.15, 0.2) is 5.82 Å². The molecule has 0 saturated heterocycles. The molecule has 3 heteroatoms. The summed E-state index contributed by atoms with van der Waals surface area (Å²) in [5, 5.41) is 14.0. The van der Waals surface area contributed by atoms with E-state index in [0.717, 1.165) is 22.5 Å². The first-order chi connectivity index (χ1) is 7.84. The third-order valence-corrected chi connectivity index (χ3v) is 3.26. The average Bonchev–Trinajstić information content (AvgIpc) is 3.13. The quantitative estimate of drug-likeness (QED) is 0.852. The minimum absolute atomic E-state index is 0.500. The molecule has 2 aromatic rings. The topological polar surface area (TPSA) is 37.8 Å². The molecule has 1 unspecified atom stereocenters. The lowest BCUT2D eigenvalue weighted by Gasteiger charge is -2.14. The normalized spacial score (nSPS) is 17.3. The van der Waals surface area contributed by atoms with E-state index in [1.807, 2.05) is 18.3 Å². The predicted molar refractivity (Wildman–Crippen MR) is 65.3 cm³/mol. The Hall–Kier alpha value is -1.64. The zero-order valence-corrected chi connectivity index (χ0v) is 9.35. The van der Waals surface area contributed by atoms with E-state index in [0.29, 0.717) is 6.04 Å². The summed E-state index contributed by atoms with van der Waals surface area (Å²) in [6.45, 7) is 2.22. The van der Waals surface area contributed by atoms with Crippen LogP contribution in [0.4, 0.5) is 5.82 Å². The molecule has 82 valence electrons. The molecule has 1 atom stereocenters. The number of benzene rings is 1. The van der Waals surface area contributed by atoms with Crippen LogP contribution in [0.25, 0.3) is 10.8 Å². The highest BCUT2D eigenvalue weighted by Crippen LogP contribution is 2.34. The van der Waals surface area contributed by atoms with Crippen LogP contribution in [-0.4, -0.2) is 16.2 Å². The number of hydrogen-bond donors (Lipinski definition) is 1. The largest absolute Gasteiger partial charge is 0.365 e. The Balaban J connectivity index is 1.95. The molecule has 0 aliphatic heterocycles. The van der Waals surface area contributed by atoms with Gasteiger partial charge >= 0.3 is 0 Å². The van der Waals surface area contributed by atoms with Crippen LogP contribution in [0.5, 0.6) is 0 Å². The van der Waals surface area contributed by atoms with Crippen molar-refractivity contribution in [3.05, 3.63) is 30.5 Å². The van der Waals surface area contributed by atoms with Gasteiger partial charge in [-0.15, -0.1) is 5.10 Å². The molecule has 0 amide bonds. The summed E-state index contributed by atoms with van der Waals surface area (Å²) < 4.78 is 0. The van der Waals surface area contributed by atoms with Crippen molar-refractivity contribution in [2.75, 3.05) is 5.32 Å². The van der Waals surface area contributed by atoms with Gasteiger partial charge < -0.3 is 5.32 Å². The van der Waals surface area contributed by atoms with Crippen LogP contribution in [0, 0.1) is 5.92 Å². The van der Waals surface area contributed by atoms with Crippen LogP contribution in [0.1, 0.15) is 19.8 Å². The summed E-state index contributed by atoms with van der Waals surface area (Å²) in [5.74, 6) is 1.73. The van der Waals surface area contributed by atoms with Crippen LogP contribution >= 0.6 is 0 Å². The maximum Gasteiger partial charge on any atom is 0.156 e. The number of fused-ring (bicyclic) bond motifs is 1. The van der Waals surface area contributed by atoms with Gasteiger partial charge in [0.25, 0.3) is 0 Å². The lowest BCUT2D eigenvalue weighted by molar-refractivity contribution is 0.689. The smallest absolute Gasteiger partial charge is 0.156 e. The molecule has 1 heterocycles. The van der Waals surface area contributed by atoms with E-state index in [2.05, 4.69) is 34.6 Å². The molecule has 1 aromatic heterocycles. The SMILES string of the molecule is CC(Nc1nncc2ccccc12)C1CC1. The molecule has 1 aliphatic carbocycles. The van der Waals surface area contributed by atoms with Crippen molar-refractivity contribution >= 4 is 16.6 Å². The van der Waals surface area contributed by atoms with Gasteiger partial charge in [-0.2, -0.15) is 5.10 Å². The number of nitrogens with one attached hydrogen (secondary N) is 1. The number of nitrogens with zero attached hydrogens (tertiary/aromatic N) is 2. The average molecular weight is 213 g/mol. The molecule has 1 N–H and O–H groups in total. The lowest BCUT2D eigenvalue weighted by Crippen LogP contribution is -2.18. The highest BCUT2D eigenvalue weighted by molar-refractivity contribution is 5.90. The molecular weight excluding hydrogens is 198 g/mol. The second-order valence-corrected chi connectivity index (χ2v) is 4.55. The highest BCUT2D eigenvalue weighted by Gasteiger charge is 2.28. The van der Waals surface area contributed by atoms with E-state index >= 15 is 0 Å². The Morgan fingerprint density at radius 2 is 2.12 bits per heavy atom. The van der Waals surface area contributed by atoms with E-state index in [4.69, 9.17) is 0 Å². The van der Waals surface area contributed by atoms with Gasteiger partial charge in [-0.05, 0) is 25.7 Å². The summed E-state index contributed by atoms with van der Waals surface area (Å²) in [5.41, 5.74) is 0. The van der Waals surface area contributed by atoms with Crippen LogP contribution in [-0.2, 0) is 0 Å². The van der Waals surface area contributed by atoms with Crippen molar-refractivity contribution in [2.45, 2.75) is 25.8 Å². The van der Waals surface area contributed by atoms with Crippen molar-refractivity contribution in [1.29, 1.82) is 0 Å². The van der Waals surface area contributed by atoms with Gasteiger partial charge in [-0.25, -0.2) is 0 Å². The first kappa shape index (κ1) is 9.58. The number of aromatic nitrogens is 2. The summed E-state index contributed by atoms with van der Waals surface area (Å²) >= 11 is 0. The molecule has 3 rings (SSSR count). The molecule has 16 heavy (non-hydrogen) atoms. The standard InChI is InChI=1S/C13H15N3/c1-9(10-6-7-10)15-13-12-5-3-2-4-11(12)8-14-16-13/h2-5,8-10H,6-7H2,1H3,(H,15,16). The van der Waals surface area contributed by atoms with Gasteiger partial charge in [0.05, 0.1) is 6.20 Å². The zero-order chi connectivity index (χ0) is 11.0. The summed E-state index contributed by atoms with van der Waals surface area (Å²) in [6, 6.07) is 8.72. The van der Waals surface area contributed by atoms with E-state index in [-0.39, 0.29) is 0 Å². The van der Waals surface area contributed by atoms with E-state index in [1.54, 1.807) is 0 Å². The Morgan fingerprint density at radius 1 is 1.31 bits per heavy atom. The minimum atomic E-state index is 0.500. The Labute approximate surface area is 94.9 Å². The second-order valence-electron chi connectivity index (χ2n) is 4.55. The number of hydrogen-bond acceptors (Lipinski definition) is 3. The highest BCUT2D eigenvalue weighted by atomic mass is 15.2. The van der Waals surface area contributed by atoms with Crippen LogP contribution in [0.15, 0.2) is 30.5 Å². The Kier molecular flexibility index (Phi) is 2.24. The fourth-order valence-electron chi connectivity index (χ4n) is 2.06. The van der Waals surface area contributed by atoms with Gasteiger partial charge in [0, 0.05) is 16.8 Å². The predicted octanol–water partition coefficient (Wildman–Crippen LogP) is 2.84. The molecule has 0 radical (unpaired) electrons. The fourth-order valence-corrected chi connectivity index (χ4v) is 2.06. The van der Waals surface area contributed by atoms with Crippen molar-refractivity contribution in [3.63, 3.8) is 0 Å². The Morgan fingerprint density at radius 3 is 2.94 bits per heavy atom. The summed E-state index contributed by atoms with van der Waals surface area (Å²) in [4.78, 5) is 0. The minimum Gasteiger partial charge on any atom is -0.365 e. The molecule has 3 nitrogen and oxygen atoms in total. The maximum absolute atomic E-state index is 4.20. The molecular formula is C13H15N3. The van der Waals surface area contributed by atoms with E-state index in [9.17, 15) is 0 Å².